The maximum Gasteiger partial charge on any atom is 0.417 e. The number of carbonyl (C=O) groups is 1. The summed E-state index contributed by atoms with van der Waals surface area (Å²) in [5, 5.41) is 10.0. The predicted molar refractivity (Wildman–Crippen MR) is 45.4 cm³/mol. The van der Waals surface area contributed by atoms with Crippen molar-refractivity contribution in [2.24, 2.45) is 0 Å². The number of carboxylic acids is 1. The summed E-state index contributed by atoms with van der Waals surface area (Å²) in [5.74, 6) is -2.18. The third-order valence-electron chi connectivity index (χ3n) is 2.11. The molecule has 1 unspecified atom stereocenters. The number of hydrogen-bond donors (Lipinski definition) is 2. The van der Waals surface area contributed by atoms with E-state index < -0.39 is 43.2 Å². The maximum absolute atomic E-state index is 12.4. The second kappa shape index (κ2) is 5.11. The van der Waals surface area contributed by atoms with E-state index in [-0.39, 0.29) is 0 Å². The van der Waals surface area contributed by atoms with Crippen LogP contribution in [0, 0.1) is 0 Å². The summed E-state index contributed by atoms with van der Waals surface area (Å²) in [6.45, 7) is -0.329. The molecule has 9 heteroatoms. The molecule has 0 aliphatic rings. The molecule has 0 rings (SSSR count). The van der Waals surface area contributed by atoms with Gasteiger partial charge in [0.05, 0.1) is 0 Å². The minimum absolute atomic E-state index is 0.364. The van der Waals surface area contributed by atoms with E-state index >= 15 is 0 Å². The van der Waals surface area contributed by atoms with Crippen LogP contribution in [0.25, 0.3) is 0 Å². The van der Waals surface area contributed by atoms with Crippen molar-refractivity contribution >= 4 is 5.97 Å². The Bertz CT molecular complexity index is 274. The van der Waals surface area contributed by atoms with Gasteiger partial charge in [-0.15, -0.1) is 0 Å². The number of halogens is 6. The van der Waals surface area contributed by atoms with Crippen LogP contribution >= 0.6 is 0 Å². The van der Waals surface area contributed by atoms with Gasteiger partial charge in [-0.2, -0.15) is 26.3 Å². The van der Waals surface area contributed by atoms with Gasteiger partial charge < -0.3 is 5.11 Å². The summed E-state index contributed by atoms with van der Waals surface area (Å²) in [4.78, 5) is 10.5. The fraction of sp³-hybridized carbons (Fsp3) is 0.875. The molecular weight excluding hydrogens is 256 g/mol. The van der Waals surface area contributed by atoms with Gasteiger partial charge in [-0.3, -0.25) is 5.32 Å². The smallest absolute Gasteiger partial charge is 0.417 e. The first kappa shape index (κ1) is 16.0. The van der Waals surface area contributed by atoms with Crippen molar-refractivity contribution < 1.29 is 36.2 Å². The Balaban J connectivity index is 4.37. The Morgan fingerprint density at radius 1 is 1.18 bits per heavy atom. The molecule has 0 heterocycles. The number of rotatable bonds is 5. The van der Waals surface area contributed by atoms with Crippen molar-refractivity contribution in [1.29, 1.82) is 0 Å². The molecule has 0 spiro atoms. The normalized spacial score (nSPS) is 16.6. The highest BCUT2D eigenvalue weighted by Gasteiger charge is 2.57. The quantitative estimate of drug-likeness (QED) is 0.593. The third kappa shape index (κ3) is 4.80. The highest BCUT2D eigenvalue weighted by Crippen LogP contribution is 2.30. The largest absolute Gasteiger partial charge is 0.480 e. The second-order valence-corrected chi connectivity index (χ2v) is 3.57. The van der Waals surface area contributed by atoms with Gasteiger partial charge in [-0.1, -0.05) is 0 Å². The van der Waals surface area contributed by atoms with E-state index in [9.17, 15) is 31.1 Å². The van der Waals surface area contributed by atoms with Crippen LogP contribution in [-0.4, -0.2) is 35.5 Å². The van der Waals surface area contributed by atoms with E-state index in [0.717, 1.165) is 0 Å². The van der Waals surface area contributed by atoms with Crippen LogP contribution in [0.3, 0.4) is 0 Å². The summed E-state index contributed by atoms with van der Waals surface area (Å²) < 4.78 is 72.2. The lowest BCUT2D eigenvalue weighted by molar-refractivity contribution is -0.206. The average molecular weight is 267 g/mol. The highest BCUT2D eigenvalue weighted by molar-refractivity contribution is 5.79. The number of hydrogen-bond acceptors (Lipinski definition) is 2. The lowest BCUT2D eigenvalue weighted by Gasteiger charge is -2.28. The van der Waals surface area contributed by atoms with Gasteiger partial charge in [-0.25, -0.2) is 4.79 Å². The lowest BCUT2D eigenvalue weighted by atomic mass is 10.0. The molecular formula is C8H11F6NO2. The first-order chi connectivity index (χ1) is 7.40. The first-order valence-electron chi connectivity index (χ1n) is 4.52. The molecule has 3 nitrogen and oxygen atoms in total. The zero-order chi connectivity index (χ0) is 13.9. The molecule has 0 saturated carbocycles. The SMILES string of the molecule is CC(NCCCC(F)(F)F)(C(=O)O)C(F)(F)F. The number of carboxylic acid groups (broad SMARTS) is 1. The van der Waals surface area contributed by atoms with Gasteiger partial charge in [0.25, 0.3) is 0 Å². The van der Waals surface area contributed by atoms with Gasteiger partial charge in [0.15, 0.2) is 0 Å². The fourth-order valence-corrected chi connectivity index (χ4v) is 0.924. The molecule has 0 aromatic carbocycles. The average Bonchev–Trinajstić information content (AvgIpc) is 2.08. The Hall–Kier alpha value is -0.990. The zero-order valence-corrected chi connectivity index (χ0v) is 8.74. The van der Waals surface area contributed by atoms with Crippen LogP contribution in [0.15, 0.2) is 0 Å². The van der Waals surface area contributed by atoms with Crippen LogP contribution < -0.4 is 5.32 Å². The molecule has 17 heavy (non-hydrogen) atoms. The molecule has 2 N–H and O–H groups in total. The van der Waals surface area contributed by atoms with E-state index in [4.69, 9.17) is 5.11 Å². The molecule has 0 saturated heterocycles. The van der Waals surface area contributed by atoms with Crippen molar-refractivity contribution in [3.63, 3.8) is 0 Å². The summed E-state index contributed by atoms with van der Waals surface area (Å²) in [7, 11) is 0. The van der Waals surface area contributed by atoms with Crippen LogP contribution in [0.4, 0.5) is 26.3 Å². The Morgan fingerprint density at radius 2 is 1.65 bits per heavy atom. The van der Waals surface area contributed by atoms with Crippen molar-refractivity contribution in [3.05, 3.63) is 0 Å². The van der Waals surface area contributed by atoms with Crippen molar-refractivity contribution in [2.45, 2.75) is 37.7 Å². The standard InChI is InChI=1S/C8H11F6NO2/c1-6(5(16)17,8(12,13)14)15-4-2-3-7(9,10)11/h15H,2-4H2,1H3,(H,16,17). The van der Waals surface area contributed by atoms with Crippen molar-refractivity contribution in [3.8, 4) is 0 Å². The zero-order valence-electron chi connectivity index (χ0n) is 8.74. The topological polar surface area (TPSA) is 49.3 Å². The monoisotopic (exact) mass is 267 g/mol. The molecule has 0 amide bonds. The fourth-order valence-electron chi connectivity index (χ4n) is 0.924. The summed E-state index contributed by atoms with van der Waals surface area (Å²) >= 11 is 0. The van der Waals surface area contributed by atoms with Gasteiger partial charge in [-0.05, 0) is 19.9 Å². The predicted octanol–water partition coefficient (Wildman–Crippen LogP) is 2.32. The first-order valence-corrected chi connectivity index (χ1v) is 4.52. The molecule has 0 bridgehead atoms. The second-order valence-electron chi connectivity index (χ2n) is 3.57. The molecule has 0 aromatic heterocycles. The van der Waals surface area contributed by atoms with E-state index in [1.165, 1.54) is 0 Å². The molecule has 0 fully saturated rings. The number of alkyl halides is 6. The van der Waals surface area contributed by atoms with E-state index in [1.807, 2.05) is 0 Å². The molecule has 0 aliphatic carbocycles. The van der Waals surface area contributed by atoms with Crippen molar-refractivity contribution in [1.82, 2.24) is 5.32 Å². The van der Waals surface area contributed by atoms with Crippen LogP contribution in [0.5, 0.6) is 0 Å². The Morgan fingerprint density at radius 3 is 1.94 bits per heavy atom. The lowest BCUT2D eigenvalue weighted by Crippen LogP contribution is -2.60. The summed E-state index contributed by atoms with van der Waals surface area (Å²) in [6, 6.07) is 0. The van der Waals surface area contributed by atoms with Crippen molar-refractivity contribution in [2.75, 3.05) is 6.54 Å². The minimum atomic E-state index is -5.09. The van der Waals surface area contributed by atoms with E-state index in [0.29, 0.717) is 6.92 Å². The minimum Gasteiger partial charge on any atom is -0.480 e. The molecule has 0 aliphatic heterocycles. The third-order valence-corrected chi connectivity index (χ3v) is 2.11. The highest BCUT2D eigenvalue weighted by atomic mass is 19.4. The summed E-state index contributed by atoms with van der Waals surface area (Å²) in [6.07, 6.45) is -11.5. The Labute approximate surface area is 92.8 Å². The Kier molecular flexibility index (Phi) is 4.81. The van der Waals surface area contributed by atoms with Gasteiger partial charge in [0.2, 0.25) is 5.54 Å². The van der Waals surface area contributed by atoms with E-state index in [1.54, 1.807) is 5.32 Å². The van der Waals surface area contributed by atoms with E-state index in [2.05, 4.69) is 0 Å². The molecule has 1 atom stereocenters. The maximum atomic E-state index is 12.4. The number of nitrogens with one attached hydrogen (secondary N) is 1. The molecule has 0 aromatic rings. The van der Waals surface area contributed by atoms with Gasteiger partial charge in [0, 0.05) is 6.42 Å². The molecule has 0 radical (unpaired) electrons. The van der Waals surface area contributed by atoms with Gasteiger partial charge >= 0.3 is 18.3 Å². The van der Waals surface area contributed by atoms with Gasteiger partial charge in [0.1, 0.15) is 0 Å². The van der Waals surface area contributed by atoms with Crippen LogP contribution in [0.2, 0.25) is 0 Å². The number of aliphatic carboxylic acids is 1. The molecule has 102 valence electrons. The van der Waals surface area contributed by atoms with Crippen LogP contribution in [-0.2, 0) is 4.79 Å². The summed E-state index contributed by atoms with van der Waals surface area (Å²) in [5.41, 5.74) is -3.24. The van der Waals surface area contributed by atoms with Crippen LogP contribution in [0.1, 0.15) is 19.8 Å².